The molecule has 2 rings (SSSR count). The number of furan rings is 1. The molecule has 0 saturated carbocycles. The zero-order valence-electron chi connectivity index (χ0n) is 9.79. The quantitative estimate of drug-likeness (QED) is 0.834. The highest BCUT2D eigenvalue weighted by molar-refractivity contribution is 8.00. The normalized spacial score (nSPS) is 20.8. The minimum absolute atomic E-state index is 0.0161. The lowest BCUT2D eigenvalue weighted by Crippen LogP contribution is -2.31. The fourth-order valence-electron chi connectivity index (χ4n) is 1.78. The number of nitrogens with one attached hydrogen (secondary N) is 1. The molecule has 1 aromatic rings. The Balaban J connectivity index is 1.96. The first kappa shape index (κ1) is 13.6. The maximum Gasteiger partial charge on any atom is 0.274 e. The summed E-state index contributed by atoms with van der Waals surface area (Å²) >= 11 is 1.80. The molecular formula is C11H15NO4S2. The van der Waals surface area contributed by atoms with Crippen LogP contribution in [0.25, 0.3) is 0 Å². The summed E-state index contributed by atoms with van der Waals surface area (Å²) in [5, 5.41) is 0.124. The van der Waals surface area contributed by atoms with Gasteiger partial charge < -0.3 is 4.42 Å². The van der Waals surface area contributed by atoms with Crippen LogP contribution in [0.15, 0.2) is 21.6 Å². The van der Waals surface area contributed by atoms with Gasteiger partial charge in [0.25, 0.3) is 10.0 Å². The molecule has 100 valence electrons. The summed E-state index contributed by atoms with van der Waals surface area (Å²) in [6.07, 6.45) is 3.87. The first-order valence-electron chi connectivity index (χ1n) is 5.78. The first-order valence-corrected chi connectivity index (χ1v) is 8.31. The van der Waals surface area contributed by atoms with Crippen LogP contribution in [0.4, 0.5) is 0 Å². The molecule has 2 heterocycles. The van der Waals surface area contributed by atoms with Crippen LogP contribution in [0.5, 0.6) is 0 Å². The Labute approximate surface area is 110 Å². The van der Waals surface area contributed by atoms with Gasteiger partial charge in [-0.25, -0.2) is 13.1 Å². The van der Waals surface area contributed by atoms with Crippen LogP contribution in [0.3, 0.4) is 0 Å². The van der Waals surface area contributed by atoms with Gasteiger partial charge in [-0.2, -0.15) is 11.8 Å². The van der Waals surface area contributed by atoms with Crippen molar-refractivity contribution < 1.29 is 17.6 Å². The van der Waals surface area contributed by atoms with Crippen LogP contribution in [0.1, 0.15) is 29.8 Å². The molecule has 1 fully saturated rings. The SMILES string of the molecule is O=Cc1ccc(S(=O)(=O)NCC2CCCCS2)o1. The molecular weight excluding hydrogens is 274 g/mol. The minimum atomic E-state index is -3.64. The van der Waals surface area contributed by atoms with Crippen molar-refractivity contribution in [1.29, 1.82) is 0 Å². The van der Waals surface area contributed by atoms with Crippen molar-refractivity contribution >= 4 is 28.1 Å². The third-order valence-electron chi connectivity index (χ3n) is 2.76. The monoisotopic (exact) mass is 289 g/mol. The second-order valence-corrected chi connectivity index (χ2v) is 7.22. The third kappa shape index (κ3) is 3.37. The summed E-state index contributed by atoms with van der Waals surface area (Å²) in [7, 11) is -3.64. The van der Waals surface area contributed by atoms with Crippen LogP contribution in [-0.4, -0.2) is 32.3 Å². The lowest BCUT2D eigenvalue weighted by Gasteiger charge is -2.20. The number of sulfonamides is 1. The van der Waals surface area contributed by atoms with Crippen molar-refractivity contribution in [1.82, 2.24) is 4.72 Å². The fourth-order valence-corrected chi connectivity index (χ4v) is 4.14. The summed E-state index contributed by atoms with van der Waals surface area (Å²) in [5.74, 6) is 1.10. The van der Waals surface area contributed by atoms with E-state index in [9.17, 15) is 13.2 Å². The molecule has 1 aromatic heterocycles. The molecule has 1 aliphatic rings. The number of thioether (sulfide) groups is 1. The molecule has 0 aliphatic carbocycles. The van der Waals surface area contributed by atoms with Gasteiger partial charge in [0, 0.05) is 11.8 Å². The Morgan fingerprint density at radius 3 is 2.89 bits per heavy atom. The van der Waals surface area contributed by atoms with Crippen LogP contribution >= 0.6 is 11.8 Å². The number of rotatable bonds is 5. The van der Waals surface area contributed by atoms with Crippen molar-refractivity contribution in [3.05, 3.63) is 17.9 Å². The lowest BCUT2D eigenvalue weighted by molar-refractivity contribution is 0.109. The second kappa shape index (κ2) is 5.90. The van der Waals surface area contributed by atoms with Gasteiger partial charge in [-0.05, 0) is 30.7 Å². The summed E-state index contributed by atoms with van der Waals surface area (Å²) in [6, 6.07) is 2.64. The van der Waals surface area contributed by atoms with E-state index in [1.165, 1.54) is 18.6 Å². The standard InChI is InChI=1S/C11H15NO4S2/c13-8-9-4-5-11(16-9)18(14,15)12-7-10-3-1-2-6-17-10/h4-5,8,10,12H,1-3,6-7H2. The van der Waals surface area contributed by atoms with E-state index < -0.39 is 10.0 Å². The van der Waals surface area contributed by atoms with E-state index in [1.807, 2.05) is 0 Å². The summed E-state index contributed by atoms with van der Waals surface area (Å²) in [4.78, 5) is 10.4. The van der Waals surface area contributed by atoms with Gasteiger partial charge in [0.05, 0.1) is 0 Å². The van der Waals surface area contributed by atoms with Crippen molar-refractivity contribution in [2.75, 3.05) is 12.3 Å². The molecule has 1 N–H and O–H groups in total. The number of carbonyl (C=O) groups is 1. The van der Waals surface area contributed by atoms with Gasteiger partial charge in [-0.3, -0.25) is 4.79 Å². The van der Waals surface area contributed by atoms with Gasteiger partial charge in [0.2, 0.25) is 5.09 Å². The zero-order chi connectivity index (χ0) is 13.0. The Hall–Kier alpha value is -0.790. The van der Waals surface area contributed by atoms with Gasteiger partial charge in [0.1, 0.15) is 0 Å². The Kier molecular flexibility index (Phi) is 4.47. The number of hydrogen-bond acceptors (Lipinski definition) is 5. The molecule has 0 radical (unpaired) electrons. The van der Waals surface area contributed by atoms with Crippen molar-refractivity contribution in [2.24, 2.45) is 0 Å². The van der Waals surface area contributed by atoms with E-state index in [4.69, 9.17) is 4.42 Å². The van der Waals surface area contributed by atoms with Gasteiger partial charge in [0.15, 0.2) is 12.0 Å². The summed E-state index contributed by atoms with van der Waals surface area (Å²) < 4.78 is 31.2. The molecule has 1 aliphatic heterocycles. The topological polar surface area (TPSA) is 76.4 Å². The summed E-state index contributed by atoms with van der Waals surface area (Å²) in [6.45, 7) is 0.407. The molecule has 1 saturated heterocycles. The van der Waals surface area contributed by atoms with E-state index in [-0.39, 0.29) is 10.9 Å². The van der Waals surface area contributed by atoms with Crippen molar-refractivity contribution in [2.45, 2.75) is 29.6 Å². The van der Waals surface area contributed by atoms with Gasteiger partial charge >= 0.3 is 0 Å². The van der Waals surface area contributed by atoms with E-state index in [0.717, 1.165) is 18.6 Å². The van der Waals surface area contributed by atoms with E-state index in [0.29, 0.717) is 18.1 Å². The Morgan fingerprint density at radius 1 is 1.44 bits per heavy atom. The van der Waals surface area contributed by atoms with Crippen LogP contribution in [-0.2, 0) is 10.0 Å². The maximum absolute atomic E-state index is 11.9. The first-order chi connectivity index (χ1) is 8.62. The average Bonchev–Trinajstić information content (AvgIpc) is 2.87. The molecule has 1 atom stereocenters. The molecule has 1 unspecified atom stereocenters. The van der Waals surface area contributed by atoms with Crippen LogP contribution < -0.4 is 4.72 Å². The van der Waals surface area contributed by atoms with Crippen molar-refractivity contribution in [3.8, 4) is 0 Å². The number of carbonyl (C=O) groups excluding carboxylic acids is 1. The maximum atomic E-state index is 11.9. The third-order valence-corrected chi connectivity index (χ3v) is 5.45. The zero-order valence-corrected chi connectivity index (χ0v) is 11.4. The smallest absolute Gasteiger partial charge is 0.274 e. The Morgan fingerprint density at radius 2 is 2.28 bits per heavy atom. The molecule has 18 heavy (non-hydrogen) atoms. The van der Waals surface area contributed by atoms with Gasteiger partial charge in [-0.1, -0.05) is 6.42 Å². The minimum Gasteiger partial charge on any atom is -0.440 e. The predicted octanol–water partition coefficient (Wildman–Crippen LogP) is 1.66. The van der Waals surface area contributed by atoms with E-state index in [2.05, 4.69) is 4.72 Å². The second-order valence-electron chi connectivity index (χ2n) is 4.12. The van der Waals surface area contributed by atoms with Crippen molar-refractivity contribution in [3.63, 3.8) is 0 Å². The molecule has 0 bridgehead atoms. The average molecular weight is 289 g/mol. The lowest BCUT2D eigenvalue weighted by atomic mass is 10.2. The Bertz CT molecular complexity index is 503. The molecule has 5 nitrogen and oxygen atoms in total. The number of aldehydes is 1. The highest BCUT2D eigenvalue weighted by atomic mass is 32.2. The fraction of sp³-hybridized carbons (Fsp3) is 0.545. The predicted molar refractivity (Wildman–Crippen MR) is 69.4 cm³/mol. The highest BCUT2D eigenvalue weighted by Crippen LogP contribution is 2.24. The van der Waals surface area contributed by atoms with E-state index in [1.54, 1.807) is 11.8 Å². The summed E-state index contributed by atoms with van der Waals surface area (Å²) in [5.41, 5.74) is 0. The van der Waals surface area contributed by atoms with Crippen LogP contribution in [0.2, 0.25) is 0 Å². The highest BCUT2D eigenvalue weighted by Gasteiger charge is 2.21. The molecule has 0 amide bonds. The molecule has 0 aromatic carbocycles. The largest absolute Gasteiger partial charge is 0.440 e. The van der Waals surface area contributed by atoms with Crippen LogP contribution in [0, 0.1) is 0 Å². The van der Waals surface area contributed by atoms with Gasteiger partial charge in [-0.15, -0.1) is 0 Å². The van der Waals surface area contributed by atoms with E-state index >= 15 is 0 Å². The number of hydrogen-bond donors (Lipinski definition) is 1. The molecule has 0 spiro atoms. The molecule has 7 heteroatoms.